The quantitative estimate of drug-likeness (QED) is 0.736. The van der Waals surface area contributed by atoms with Gasteiger partial charge in [-0.25, -0.2) is 0 Å². The number of aromatic hydroxyl groups is 1. The van der Waals surface area contributed by atoms with E-state index in [0.29, 0.717) is 32.2 Å². The Labute approximate surface area is 141 Å². The van der Waals surface area contributed by atoms with Crippen LogP contribution in [-0.2, 0) is 16.0 Å². The number of β-amino-alcohol motifs (C(OH)–C–C–N with tert-alkyl or cyclic N) is 1. The largest absolute Gasteiger partial charge is 0.508 e. The van der Waals surface area contributed by atoms with Crippen LogP contribution in [0, 0.1) is 5.41 Å². The number of phenols is 1. The molecule has 0 aromatic heterocycles. The first-order valence-corrected chi connectivity index (χ1v) is 8.36. The van der Waals surface area contributed by atoms with E-state index in [1.165, 1.54) is 0 Å². The van der Waals surface area contributed by atoms with Gasteiger partial charge in [-0.15, -0.1) is 0 Å². The van der Waals surface area contributed by atoms with Crippen LogP contribution >= 0.6 is 0 Å². The fraction of sp³-hybridized carbons (Fsp3) is 0.556. The van der Waals surface area contributed by atoms with Crippen molar-refractivity contribution >= 4 is 11.9 Å². The van der Waals surface area contributed by atoms with Crippen LogP contribution in [0.3, 0.4) is 0 Å². The number of carboxylic acid groups (broad SMARTS) is 1. The lowest BCUT2D eigenvalue weighted by Crippen LogP contribution is -2.56. The van der Waals surface area contributed by atoms with Gasteiger partial charge in [0.15, 0.2) is 0 Å². The van der Waals surface area contributed by atoms with Crippen LogP contribution in [0.1, 0.15) is 38.2 Å². The number of carbonyl (C=O) groups excluding carboxylic acids is 1. The summed E-state index contributed by atoms with van der Waals surface area (Å²) in [6, 6.07) is 6.70. The van der Waals surface area contributed by atoms with E-state index in [0.717, 1.165) is 5.56 Å². The second kappa shape index (κ2) is 7.66. The number of likely N-dealkylation sites (tertiary alicyclic amines) is 1. The first kappa shape index (κ1) is 18.3. The zero-order chi connectivity index (χ0) is 17.7. The molecule has 24 heavy (non-hydrogen) atoms. The van der Waals surface area contributed by atoms with Gasteiger partial charge in [0.2, 0.25) is 5.91 Å². The van der Waals surface area contributed by atoms with Crippen LogP contribution in [0.4, 0.5) is 0 Å². The van der Waals surface area contributed by atoms with E-state index < -0.39 is 17.5 Å². The molecular weight excluding hydrogens is 310 g/mol. The van der Waals surface area contributed by atoms with Crippen molar-refractivity contribution in [3.8, 4) is 5.75 Å². The SMILES string of the molecule is CCC[C@]1(C(=O)O)CCN(C(=O)CCc2ccc(O)cc2)C[C@@H]1O. The topological polar surface area (TPSA) is 98.1 Å². The third-order valence-corrected chi connectivity index (χ3v) is 4.90. The molecule has 132 valence electrons. The monoisotopic (exact) mass is 335 g/mol. The second-order valence-electron chi connectivity index (χ2n) is 6.48. The number of aliphatic hydroxyl groups excluding tert-OH is 1. The number of hydrogen-bond acceptors (Lipinski definition) is 4. The Kier molecular flexibility index (Phi) is 5.83. The molecule has 0 radical (unpaired) electrons. The minimum atomic E-state index is -1.14. The van der Waals surface area contributed by atoms with Crippen molar-refractivity contribution in [3.05, 3.63) is 29.8 Å². The molecule has 1 fully saturated rings. The Morgan fingerprint density at radius 1 is 1.29 bits per heavy atom. The molecule has 1 aliphatic heterocycles. The first-order chi connectivity index (χ1) is 11.4. The highest BCUT2D eigenvalue weighted by Gasteiger charge is 2.48. The molecule has 2 atom stereocenters. The summed E-state index contributed by atoms with van der Waals surface area (Å²) < 4.78 is 0. The smallest absolute Gasteiger partial charge is 0.312 e. The number of rotatable bonds is 6. The molecule has 1 heterocycles. The van der Waals surface area contributed by atoms with Crippen molar-refractivity contribution in [2.75, 3.05) is 13.1 Å². The fourth-order valence-corrected chi connectivity index (χ4v) is 3.37. The predicted octanol–water partition coefficient (Wildman–Crippen LogP) is 1.79. The summed E-state index contributed by atoms with van der Waals surface area (Å²) in [5.41, 5.74) is -0.188. The molecule has 6 nitrogen and oxygen atoms in total. The van der Waals surface area contributed by atoms with E-state index in [4.69, 9.17) is 0 Å². The van der Waals surface area contributed by atoms with Gasteiger partial charge < -0.3 is 20.2 Å². The van der Waals surface area contributed by atoms with Crippen LogP contribution in [0.2, 0.25) is 0 Å². The Bertz CT molecular complexity index is 586. The maximum atomic E-state index is 12.3. The summed E-state index contributed by atoms with van der Waals surface area (Å²) in [5.74, 6) is -0.879. The van der Waals surface area contributed by atoms with Gasteiger partial charge in [-0.3, -0.25) is 9.59 Å². The Morgan fingerprint density at radius 3 is 2.50 bits per heavy atom. The van der Waals surface area contributed by atoms with Gasteiger partial charge >= 0.3 is 5.97 Å². The molecule has 1 aromatic rings. The van der Waals surface area contributed by atoms with Crippen molar-refractivity contribution in [1.29, 1.82) is 0 Å². The molecule has 0 aliphatic carbocycles. The molecule has 1 aliphatic rings. The average Bonchev–Trinajstić information content (AvgIpc) is 2.55. The van der Waals surface area contributed by atoms with Crippen molar-refractivity contribution in [3.63, 3.8) is 0 Å². The van der Waals surface area contributed by atoms with Crippen LogP contribution in [0.25, 0.3) is 0 Å². The van der Waals surface area contributed by atoms with E-state index in [-0.39, 0.29) is 24.6 Å². The van der Waals surface area contributed by atoms with E-state index in [1.807, 2.05) is 6.92 Å². The third kappa shape index (κ3) is 3.87. The van der Waals surface area contributed by atoms with Crippen LogP contribution in [-0.4, -0.2) is 51.3 Å². The fourth-order valence-electron chi connectivity index (χ4n) is 3.37. The number of aryl methyl sites for hydroxylation is 1. The minimum absolute atomic E-state index is 0.0701. The summed E-state index contributed by atoms with van der Waals surface area (Å²) in [7, 11) is 0. The lowest BCUT2D eigenvalue weighted by Gasteiger charge is -2.42. The molecule has 0 bridgehead atoms. The van der Waals surface area contributed by atoms with Crippen molar-refractivity contribution in [2.24, 2.45) is 5.41 Å². The van der Waals surface area contributed by atoms with Crippen LogP contribution in [0.15, 0.2) is 24.3 Å². The number of piperidine rings is 1. The zero-order valence-corrected chi connectivity index (χ0v) is 13.9. The Balaban J connectivity index is 1.93. The molecule has 1 saturated heterocycles. The maximum absolute atomic E-state index is 12.3. The van der Waals surface area contributed by atoms with Gasteiger partial charge in [-0.1, -0.05) is 25.5 Å². The number of benzene rings is 1. The maximum Gasteiger partial charge on any atom is 0.312 e. The van der Waals surface area contributed by atoms with E-state index in [9.17, 15) is 24.9 Å². The van der Waals surface area contributed by atoms with Crippen LogP contribution in [0.5, 0.6) is 5.75 Å². The highest BCUT2D eigenvalue weighted by molar-refractivity contribution is 5.79. The van der Waals surface area contributed by atoms with Gasteiger partial charge in [0, 0.05) is 19.5 Å². The highest BCUT2D eigenvalue weighted by atomic mass is 16.4. The number of hydrogen-bond donors (Lipinski definition) is 3. The summed E-state index contributed by atoms with van der Waals surface area (Å²) in [6.45, 7) is 2.32. The number of nitrogens with zero attached hydrogens (tertiary/aromatic N) is 1. The number of aliphatic hydroxyl groups is 1. The molecule has 1 aromatic carbocycles. The van der Waals surface area contributed by atoms with Crippen molar-refractivity contribution in [1.82, 2.24) is 4.90 Å². The average molecular weight is 335 g/mol. The van der Waals surface area contributed by atoms with Gasteiger partial charge in [0.1, 0.15) is 5.75 Å². The van der Waals surface area contributed by atoms with E-state index in [1.54, 1.807) is 29.2 Å². The molecule has 0 unspecified atom stereocenters. The van der Waals surface area contributed by atoms with E-state index >= 15 is 0 Å². The van der Waals surface area contributed by atoms with E-state index in [2.05, 4.69) is 0 Å². The number of phenolic OH excluding ortho intramolecular Hbond substituents is 1. The van der Waals surface area contributed by atoms with Gasteiger partial charge in [-0.2, -0.15) is 0 Å². The van der Waals surface area contributed by atoms with Crippen molar-refractivity contribution < 1.29 is 24.9 Å². The minimum Gasteiger partial charge on any atom is -0.508 e. The second-order valence-corrected chi connectivity index (χ2v) is 6.48. The lowest BCUT2D eigenvalue weighted by molar-refractivity contribution is -0.167. The number of carbonyl (C=O) groups is 2. The number of amides is 1. The normalized spacial score (nSPS) is 23.9. The van der Waals surface area contributed by atoms with Gasteiger partial charge in [0.25, 0.3) is 0 Å². The molecule has 0 spiro atoms. The molecule has 6 heteroatoms. The van der Waals surface area contributed by atoms with Gasteiger partial charge in [0.05, 0.1) is 11.5 Å². The first-order valence-electron chi connectivity index (χ1n) is 8.36. The third-order valence-electron chi connectivity index (χ3n) is 4.90. The molecule has 3 N–H and O–H groups in total. The molecule has 0 saturated carbocycles. The predicted molar refractivity (Wildman–Crippen MR) is 88.6 cm³/mol. The summed E-state index contributed by atoms with van der Waals surface area (Å²) >= 11 is 0. The number of aliphatic carboxylic acids is 1. The van der Waals surface area contributed by atoms with Gasteiger partial charge in [-0.05, 0) is 37.0 Å². The summed E-state index contributed by atoms with van der Waals surface area (Å²) in [5, 5.41) is 29.1. The lowest BCUT2D eigenvalue weighted by atomic mass is 9.72. The number of carboxylic acids is 1. The molecular formula is C18H25NO5. The highest BCUT2D eigenvalue weighted by Crippen LogP contribution is 2.37. The Hall–Kier alpha value is -2.08. The zero-order valence-electron chi connectivity index (χ0n) is 13.9. The molecule has 2 rings (SSSR count). The Morgan fingerprint density at radius 2 is 1.96 bits per heavy atom. The summed E-state index contributed by atoms with van der Waals surface area (Å²) in [6.07, 6.45) is 1.18. The van der Waals surface area contributed by atoms with Crippen LogP contribution < -0.4 is 0 Å². The molecule has 1 amide bonds. The van der Waals surface area contributed by atoms with Crippen molar-refractivity contribution in [2.45, 2.75) is 45.1 Å². The standard InChI is InChI=1S/C18H25NO5/c1-2-9-18(17(23)24)10-11-19(12-15(18)21)16(22)8-5-13-3-6-14(20)7-4-13/h3-4,6-7,15,20-21H,2,5,8-12H2,1H3,(H,23,24)/t15-,18-/m0/s1. The summed E-state index contributed by atoms with van der Waals surface area (Å²) in [4.78, 5) is 25.5.